The number of nitro groups is 1. The van der Waals surface area contributed by atoms with Gasteiger partial charge in [-0.3, -0.25) is 10.1 Å². The molecule has 1 aromatic rings. The number of rotatable bonds is 2. The van der Waals surface area contributed by atoms with E-state index in [1.807, 2.05) is 6.07 Å². The fourth-order valence-corrected chi connectivity index (χ4v) is 1.85. The Morgan fingerprint density at radius 3 is 2.64 bits per heavy atom. The third-order valence-electron chi connectivity index (χ3n) is 2.74. The van der Waals surface area contributed by atoms with E-state index in [0.29, 0.717) is 5.92 Å². The van der Waals surface area contributed by atoms with E-state index < -0.39 is 4.92 Å². The lowest BCUT2D eigenvalue weighted by molar-refractivity contribution is -0.384. The zero-order valence-corrected chi connectivity index (χ0v) is 8.33. The van der Waals surface area contributed by atoms with Gasteiger partial charge in [-0.15, -0.1) is 0 Å². The first kappa shape index (κ1) is 9.46. The Bertz CT molecular complexity index is 374. The lowest BCUT2D eigenvalue weighted by atomic mass is 9.80. The van der Waals surface area contributed by atoms with Crippen molar-refractivity contribution in [2.75, 3.05) is 0 Å². The molecule has 1 aliphatic rings. The Morgan fingerprint density at radius 1 is 1.43 bits per heavy atom. The normalized spacial score (nSPS) is 16.4. The second-order valence-electron chi connectivity index (χ2n) is 3.60. The standard InChI is InChI=1S/C10H10ClNO2/c11-9-5-4-8(7-2-1-3-7)6-10(9)12(13)14/h4-7H,1-3H2. The number of halogens is 1. The summed E-state index contributed by atoms with van der Waals surface area (Å²) in [6, 6.07) is 5.11. The molecule has 0 saturated heterocycles. The lowest BCUT2D eigenvalue weighted by Crippen LogP contribution is -2.08. The Morgan fingerprint density at radius 2 is 2.14 bits per heavy atom. The molecule has 1 saturated carbocycles. The van der Waals surface area contributed by atoms with Gasteiger partial charge >= 0.3 is 0 Å². The molecule has 74 valence electrons. The third kappa shape index (κ3) is 1.60. The van der Waals surface area contributed by atoms with Gasteiger partial charge in [-0.25, -0.2) is 0 Å². The Hall–Kier alpha value is -1.09. The van der Waals surface area contributed by atoms with Gasteiger partial charge in [0.25, 0.3) is 5.69 Å². The molecule has 4 heteroatoms. The lowest BCUT2D eigenvalue weighted by Gasteiger charge is -2.25. The zero-order chi connectivity index (χ0) is 10.1. The van der Waals surface area contributed by atoms with Crippen LogP contribution in [0, 0.1) is 10.1 Å². The highest BCUT2D eigenvalue weighted by molar-refractivity contribution is 6.32. The maximum atomic E-state index is 10.6. The molecule has 0 spiro atoms. The van der Waals surface area contributed by atoms with Gasteiger partial charge in [-0.05, 0) is 30.4 Å². The molecule has 0 unspecified atom stereocenters. The SMILES string of the molecule is O=[N+]([O-])c1cc(C2CCC2)ccc1Cl. The summed E-state index contributed by atoms with van der Waals surface area (Å²) in [4.78, 5) is 10.2. The van der Waals surface area contributed by atoms with Crippen molar-refractivity contribution in [1.82, 2.24) is 0 Å². The van der Waals surface area contributed by atoms with Gasteiger partial charge in [0, 0.05) is 6.07 Å². The molecule has 0 N–H and O–H groups in total. The van der Waals surface area contributed by atoms with Crippen molar-refractivity contribution >= 4 is 17.3 Å². The van der Waals surface area contributed by atoms with Crippen LogP contribution >= 0.6 is 11.6 Å². The first-order chi connectivity index (χ1) is 6.68. The van der Waals surface area contributed by atoms with Crippen molar-refractivity contribution in [3.8, 4) is 0 Å². The van der Waals surface area contributed by atoms with Crippen molar-refractivity contribution in [2.45, 2.75) is 25.2 Å². The molecule has 0 atom stereocenters. The van der Waals surface area contributed by atoms with Gasteiger partial charge in [0.1, 0.15) is 5.02 Å². The van der Waals surface area contributed by atoms with E-state index in [1.165, 1.54) is 6.42 Å². The van der Waals surface area contributed by atoms with Crippen LogP contribution in [0.2, 0.25) is 5.02 Å². The molecule has 1 fully saturated rings. The second kappa shape index (κ2) is 3.58. The van der Waals surface area contributed by atoms with Crippen LogP contribution in [0.4, 0.5) is 5.69 Å². The summed E-state index contributed by atoms with van der Waals surface area (Å²) in [6.07, 6.45) is 3.50. The number of nitro benzene ring substituents is 1. The highest BCUT2D eigenvalue weighted by atomic mass is 35.5. The first-order valence-electron chi connectivity index (χ1n) is 4.62. The third-order valence-corrected chi connectivity index (χ3v) is 3.06. The molecule has 2 rings (SSSR count). The number of nitrogens with zero attached hydrogens (tertiary/aromatic N) is 1. The average Bonchev–Trinajstić information content (AvgIpc) is 2.04. The molecule has 0 aliphatic heterocycles. The summed E-state index contributed by atoms with van der Waals surface area (Å²) in [6.45, 7) is 0. The minimum Gasteiger partial charge on any atom is -0.258 e. The monoisotopic (exact) mass is 211 g/mol. The fraction of sp³-hybridized carbons (Fsp3) is 0.400. The van der Waals surface area contributed by atoms with Crippen LogP contribution in [0.15, 0.2) is 18.2 Å². The van der Waals surface area contributed by atoms with Crippen LogP contribution in [0.3, 0.4) is 0 Å². The summed E-state index contributed by atoms with van der Waals surface area (Å²) in [7, 11) is 0. The van der Waals surface area contributed by atoms with Crippen molar-refractivity contribution in [2.24, 2.45) is 0 Å². The van der Waals surface area contributed by atoms with Crippen LogP contribution in [0.25, 0.3) is 0 Å². The number of hydrogen-bond acceptors (Lipinski definition) is 2. The minimum absolute atomic E-state index is 0.0241. The molecule has 1 aliphatic carbocycles. The second-order valence-corrected chi connectivity index (χ2v) is 4.00. The quantitative estimate of drug-likeness (QED) is 0.555. The average molecular weight is 212 g/mol. The topological polar surface area (TPSA) is 43.1 Å². The highest BCUT2D eigenvalue weighted by Gasteiger charge is 2.22. The van der Waals surface area contributed by atoms with Crippen LogP contribution in [-0.4, -0.2) is 4.92 Å². The number of hydrogen-bond donors (Lipinski definition) is 0. The minimum atomic E-state index is -0.426. The van der Waals surface area contributed by atoms with Crippen molar-refractivity contribution in [3.63, 3.8) is 0 Å². The smallest absolute Gasteiger partial charge is 0.258 e. The van der Waals surface area contributed by atoms with E-state index in [9.17, 15) is 10.1 Å². The summed E-state index contributed by atoms with van der Waals surface area (Å²) >= 11 is 5.72. The van der Waals surface area contributed by atoms with E-state index in [4.69, 9.17) is 11.6 Å². The molecule has 14 heavy (non-hydrogen) atoms. The molecule has 1 aromatic carbocycles. The molecule has 0 aromatic heterocycles. The van der Waals surface area contributed by atoms with Gasteiger partial charge in [0.15, 0.2) is 0 Å². The molecule has 0 amide bonds. The van der Waals surface area contributed by atoms with Gasteiger partial charge in [0.2, 0.25) is 0 Å². The van der Waals surface area contributed by atoms with Crippen LogP contribution in [-0.2, 0) is 0 Å². The van der Waals surface area contributed by atoms with Crippen LogP contribution < -0.4 is 0 Å². The van der Waals surface area contributed by atoms with Crippen molar-refractivity contribution in [3.05, 3.63) is 38.9 Å². The summed E-state index contributed by atoms with van der Waals surface area (Å²) in [5.74, 6) is 0.506. The van der Waals surface area contributed by atoms with Gasteiger partial charge in [0.05, 0.1) is 4.92 Å². The van der Waals surface area contributed by atoms with Gasteiger partial charge in [-0.2, -0.15) is 0 Å². The van der Waals surface area contributed by atoms with Crippen molar-refractivity contribution < 1.29 is 4.92 Å². The summed E-state index contributed by atoms with van der Waals surface area (Å²) in [5, 5.41) is 10.8. The van der Waals surface area contributed by atoms with Crippen LogP contribution in [0.5, 0.6) is 0 Å². The van der Waals surface area contributed by atoms with E-state index in [0.717, 1.165) is 18.4 Å². The number of benzene rings is 1. The largest absolute Gasteiger partial charge is 0.288 e. The Labute approximate surface area is 86.8 Å². The van der Waals surface area contributed by atoms with Crippen molar-refractivity contribution in [1.29, 1.82) is 0 Å². The predicted molar refractivity (Wildman–Crippen MR) is 54.7 cm³/mol. The molecular formula is C10H10ClNO2. The van der Waals surface area contributed by atoms with Gasteiger partial charge in [-0.1, -0.05) is 24.1 Å². The molecule has 3 nitrogen and oxygen atoms in total. The summed E-state index contributed by atoms with van der Waals surface area (Å²) < 4.78 is 0. The highest BCUT2D eigenvalue weighted by Crippen LogP contribution is 2.38. The summed E-state index contributed by atoms with van der Waals surface area (Å²) in [5.41, 5.74) is 1.07. The molecule has 0 heterocycles. The molecular weight excluding hydrogens is 202 g/mol. The van der Waals surface area contributed by atoms with E-state index >= 15 is 0 Å². The van der Waals surface area contributed by atoms with E-state index in [1.54, 1.807) is 12.1 Å². The molecule has 0 bridgehead atoms. The van der Waals surface area contributed by atoms with Crippen LogP contribution in [0.1, 0.15) is 30.7 Å². The van der Waals surface area contributed by atoms with E-state index in [-0.39, 0.29) is 10.7 Å². The van der Waals surface area contributed by atoms with Gasteiger partial charge < -0.3 is 0 Å². The zero-order valence-electron chi connectivity index (χ0n) is 7.57. The Balaban J connectivity index is 2.34. The predicted octanol–water partition coefficient (Wildman–Crippen LogP) is 3.52. The maximum Gasteiger partial charge on any atom is 0.288 e. The fourth-order valence-electron chi connectivity index (χ4n) is 1.67. The maximum absolute atomic E-state index is 10.6. The Kier molecular flexibility index (Phi) is 2.42. The van der Waals surface area contributed by atoms with E-state index in [2.05, 4.69) is 0 Å². The first-order valence-corrected chi connectivity index (χ1v) is 5.00. The molecule has 0 radical (unpaired) electrons.